The number of oxazole rings is 1. The normalized spacial score (nSPS) is 19.4. The smallest absolute Gasteiger partial charge is 0.292 e. The SMILES string of the molecule is CN1CCCN(C2=CC(NC(=O)c3coc(N)n3)=C(Br)CC=C2)CC1. The molecular weight excluding hydrogens is 386 g/mol. The Bertz CT molecular complexity index is 737. The highest BCUT2D eigenvalue weighted by atomic mass is 79.9. The minimum Gasteiger partial charge on any atom is -0.431 e. The largest absolute Gasteiger partial charge is 0.431 e. The lowest BCUT2D eigenvalue weighted by Crippen LogP contribution is -2.29. The third-order valence-corrected chi connectivity index (χ3v) is 5.01. The number of rotatable bonds is 3. The molecule has 1 aliphatic carbocycles. The molecule has 134 valence electrons. The Kier molecular flexibility index (Phi) is 5.60. The topological polar surface area (TPSA) is 87.6 Å². The fraction of sp³-hybridized carbons (Fsp3) is 0.412. The minimum absolute atomic E-state index is 0.0225. The molecule has 1 aromatic heterocycles. The van der Waals surface area contributed by atoms with Crippen molar-refractivity contribution in [3.8, 4) is 0 Å². The van der Waals surface area contributed by atoms with Gasteiger partial charge in [0.25, 0.3) is 11.9 Å². The molecule has 1 saturated heterocycles. The molecule has 8 heteroatoms. The van der Waals surface area contributed by atoms with Crippen LogP contribution in [0.2, 0.25) is 0 Å². The summed E-state index contributed by atoms with van der Waals surface area (Å²) in [5.74, 6) is -0.347. The van der Waals surface area contributed by atoms with Crippen molar-refractivity contribution >= 4 is 27.9 Å². The van der Waals surface area contributed by atoms with Crippen molar-refractivity contribution < 1.29 is 9.21 Å². The van der Waals surface area contributed by atoms with Gasteiger partial charge in [0.05, 0.1) is 5.70 Å². The second-order valence-electron chi connectivity index (χ2n) is 6.16. The number of hydrogen-bond acceptors (Lipinski definition) is 6. The fourth-order valence-corrected chi connectivity index (χ4v) is 3.25. The van der Waals surface area contributed by atoms with E-state index in [0.29, 0.717) is 6.42 Å². The van der Waals surface area contributed by atoms with Crippen LogP contribution in [0.25, 0.3) is 0 Å². The molecule has 0 spiro atoms. The van der Waals surface area contributed by atoms with Gasteiger partial charge in [0.15, 0.2) is 5.69 Å². The number of halogens is 1. The molecule has 0 aromatic carbocycles. The van der Waals surface area contributed by atoms with Crippen molar-refractivity contribution in [3.05, 3.63) is 46.1 Å². The number of likely N-dealkylation sites (N-methyl/N-ethyl adjacent to an activating group) is 1. The zero-order valence-corrected chi connectivity index (χ0v) is 15.8. The van der Waals surface area contributed by atoms with E-state index in [1.54, 1.807) is 0 Å². The van der Waals surface area contributed by atoms with E-state index >= 15 is 0 Å². The van der Waals surface area contributed by atoms with E-state index in [2.05, 4.69) is 55.2 Å². The van der Waals surface area contributed by atoms with Gasteiger partial charge in [0.2, 0.25) is 0 Å². The Hall–Kier alpha value is -2.06. The van der Waals surface area contributed by atoms with Crippen molar-refractivity contribution in [2.24, 2.45) is 0 Å². The molecule has 0 saturated carbocycles. The molecule has 1 fully saturated rings. The van der Waals surface area contributed by atoms with Crippen LogP contribution in [0.5, 0.6) is 0 Å². The first-order valence-corrected chi connectivity index (χ1v) is 9.05. The third kappa shape index (κ3) is 4.52. The minimum atomic E-state index is -0.347. The molecule has 25 heavy (non-hydrogen) atoms. The molecule has 0 atom stereocenters. The fourth-order valence-electron chi connectivity index (χ4n) is 2.85. The Morgan fingerprint density at radius 1 is 1.36 bits per heavy atom. The molecule has 1 amide bonds. The van der Waals surface area contributed by atoms with Crippen molar-refractivity contribution in [2.45, 2.75) is 12.8 Å². The number of nitrogen functional groups attached to an aromatic ring is 1. The predicted octanol–water partition coefficient (Wildman–Crippen LogP) is 2.07. The van der Waals surface area contributed by atoms with Crippen LogP contribution in [0.15, 0.2) is 44.8 Å². The summed E-state index contributed by atoms with van der Waals surface area (Å²) in [7, 11) is 2.15. The second-order valence-corrected chi connectivity index (χ2v) is 7.12. The van der Waals surface area contributed by atoms with Crippen LogP contribution in [-0.2, 0) is 0 Å². The highest BCUT2D eigenvalue weighted by Gasteiger charge is 2.18. The molecule has 7 nitrogen and oxygen atoms in total. The average molecular weight is 408 g/mol. The Labute approximate surface area is 155 Å². The van der Waals surface area contributed by atoms with E-state index in [1.807, 2.05) is 6.08 Å². The number of aromatic nitrogens is 1. The highest BCUT2D eigenvalue weighted by molar-refractivity contribution is 9.11. The van der Waals surface area contributed by atoms with Gasteiger partial charge in [0, 0.05) is 29.8 Å². The lowest BCUT2D eigenvalue weighted by molar-refractivity contribution is 0.0962. The number of amides is 1. The van der Waals surface area contributed by atoms with Crippen LogP contribution in [-0.4, -0.2) is 53.9 Å². The third-order valence-electron chi connectivity index (χ3n) is 4.26. The number of allylic oxidation sites excluding steroid dienone is 4. The monoisotopic (exact) mass is 407 g/mol. The second kappa shape index (κ2) is 7.88. The molecule has 1 aromatic rings. The van der Waals surface area contributed by atoms with Crippen LogP contribution in [0.3, 0.4) is 0 Å². The van der Waals surface area contributed by atoms with Crippen LogP contribution in [0.1, 0.15) is 23.3 Å². The Morgan fingerprint density at radius 2 is 2.20 bits per heavy atom. The number of hydrogen-bond donors (Lipinski definition) is 2. The summed E-state index contributed by atoms with van der Waals surface area (Å²) in [6.07, 6.45) is 9.29. The van der Waals surface area contributed by atoms with Gasteiger partial charge < -0.3 is 25.3 Å². The molecular formula is C17H22BrN5O2. The number of carbonyl (C=O) groups excluding carboxylic acids is 1. The average Bonchev–Trinajstić information content (AvgIpc) is 2.79. The summed E-state index contributed by atoms with van der Waals surface area (Å²) in [5.41, 5.74) is 7.42. The van der Waals surface area contributed by atoms with Gasteiger partial charge in [-0.15, -0.1) is 0 Å². The predicted molar refractivity (Wildman–Crippen MR) is 99.9 cm³/mol. The molecule has 2 aliphatic rings. The number of nitrogens with zero attached hydrogens (tertiary/aromatic N) is 3. The summed E-state index contributed by atoms with van der Waals surface area (Å²) >= 11 is 3.56. The molecule has 0 bridgehead atoms. The van der Waals surface area contributed by atoms with Gasteiger partial charge in [0.1, 0.15) is 6.26 Å². The van der Waals surface area contributed by atoms with Gasteiger partial charge in [-0.25, -0.2) is 0 Å². The van der Waals surface area contributed by atoms with Crippen LogP contribution in [0, 0.1) is 0 Å². The first-order valence-electron chi connectivity index (χ1n) is 8.25. The summed E-state index contributed by atoms with van der Waals surface area (Å²) in [4.78, 5) is 20.9. The molecule has 3 N–H and O–H groups in total. The molecule has 0 radical (unpaired) electrons. The molecule has 1 aliphatic heterocycles. The Balaban J connectivity index is 1.78. The first-order chi connectivity index (χ1) is 12.0. The van der Waals surface area contributed by atoms with E-state index in [4.69, 9.17) is 10.2 Å². The molecule has 0 unspecified atom stereocenters. The van der Waals surface area contributed by atoms with Crippen molar-refractivity contribution in [1.82, 2.24) is 20.1 Å². The number of nitrogens with one attached hydrogen (secondary N) is 1. The van der Waals surface area contributed by atoms with Crippen LogP contribution < -0.4 is 11.1 Å². The van der Waals surface area contributed by atoms with Gasteiger partial charge in [-0.05, 0) is 38.6 Å². The molecule has 3 rings (SSSR count). The van der Waals surface area contributed by atoms with Crippen LogP contribution in [0.4, 0.5) is 6.01 Å². The first kappa shape index (κ1) is 17.8. The van der Waals surface area contributed by atoms with Crippen LogP contribution >= 0.6 is 15.9 Å². The summed E-state index contributed by atoms with van der Waals surface area (Å²) in [6.45, 7) is 4.09. The van der Waals surface area contributed by atoms with Crippen molar-refractivity contribution in [3.63, 3.8) is 0 Å². The number of anilines is 1. The maximum absolute atomic E-state index is 12.4. The van der Waals surface area contributed by atoms with E-state index in [0.717, 1.165) is 48.5 Å². The maximum atomic E-state index is 12.4. The van der Waals surface area contributed by atoms with Gasteiger partial charge in [-0.3, -0.25) is 4.79 Å². The number of carbonyl (C=O) groups is 1. The zero-order valence-electron chi connectivity index (χ0n) is 14.2. The lowest BCUT2D eigenvalue weighted by atomic mass is 10.2. The summed E-state index contributed by atoms with van der Waals surface area (Å²) in [5, 5.41) is 2.89. The van der Waals surface area contributed by atoms with E-state index in [1.165, 1.54) is 6.26 Å². The van der Waals surface area contributed by atoms with Gasteiger partial charge in [-0.2, -0.15) is 4.98 Å². The lowest BCUT2D eigenvalue weighted by Gasteiger charge is -2.24. The quantitative estimate of drug-likeness (QED) is 0.797. The summed E-state index contributed by atoms with van der Waals surface area (Å²) in [6, 6.07) is -0.0225. The maximum Gasteiger partial charge on any atom is 0.292 e. The van der Waals surface area contributed by atoms with E-state index in [-0.39, 0.29) is 17.6 Å². The van der Waals surface area contributed by atoms with E-state index < -0.39 is 0 Å². The van der Waals surface area contributed by atoms with Gasteiger partial charge >= 0.3 is 0 Å². The Morgan fingerprint density at radius 3 is 2.96 bits per heavy atom. The summed E-state index contributed by atoms with van der Waals surface area (Å²) < 4.78 is 5.82. The zero-order chi connectivity index (χ0) is 17.8. The highest BCUT2D eigenvalue weighted by Crippen LogP contribution is 2.24. The number of nitrogens with two attached hydrogens (primary N) is 1. The van der Waals surface area contributed by atoms with Gasteiger partial charge in [-0.1, -0.05) is 22.0 Å². The standard InChI is InChI=1S/C17H22BrN5O2/c1-22-6-3-7-23(9-8-22)12-4-2-5-13(18)14(10-12)20-16(24)15-11-25-17(19)21-15/h2,4,10-11H,3,5-9H2,1H3,(H2,19,21)(H,20,24). The van der Waals surface area contributed by atoms with Crippen molar-refractivity contribution in [1.29, 1.82) is 0 Å². The van der Waals surface area contributed by atoms with Crippen molar-refractivity contribution in [2.75, 3.05) is 39.0 Å². The molecule has 2 heterocycles. The van der Waals surface area contributed by atoms with E-state index in [9.17, 15) is 4.79 Å².